The van der Waals surface area contributed by atoms with Gasteiger partial charge in [-0.3, -0.25) is 9.59 Å². The number of nitrogens with one attached hydrogen (secondary N) is 1. The Morgan fingerprint density at radius 2 is 1.93 bits per heavy atom. The number of hydrogen-bond donors (Lipinski definition) is 3. The van der Waals surface area contributed by atoms with Crippen LogP contribution in [0, 0.1) is 0 Å². The number of ketones is 1. The van der Waals surface area contributed by atoms with Gasteiger partial charge < -0.3 is 21.3 Å². The topological polar surface area (TPSA) is 137 Å². The molecule has 2 heterocycles. The Kier molecular flexibility index (Phi) is 4.63. The monoisotopic (exact) mass is 391 g/mol. The Hall–Kier alpha value is -3.52. The van der Waals surface area contributed by atoms with E-state index in [-0.39, 0.29) is 5.78 Å². The van der Waals surface area contributed by atoms with Crippen LogP contribution in [0.3, 0.4) is 0 Å². The lowest BCUT2D eigenvalue weighted by Gasteiger charge is -2.37. The van der Waals surface area contributed by atoms with Crippen LogP contribution in [-0.4, -0.2) is 33.9 Å². The molecule has 0 radical (unpaired) electrons. The molecule has 0 spiro atoms. The van der Waals surface area contributed by atoms with E-state index < -0.39 is 11.4 Å². The molecule has 4 rings (SSSR count). The Morgan fingerprint density at radius 3 is 2.59 bits per heavy atom. The third-order valence-electron chi connectivity index (χ3n) is 5.39. The average Bonchev–Trinajstić information content (AvgIpc) is 3.23. The van der Waals surface area contributed by atoms with Crippen LogP contribution in [0.2, 0.25) is 0 Å². The highest BCUT2D eigenvalue weighted by atomic mass is 16.5. The van der Waals surface area contributed by atoms with Crippen LogP contribution in [0.1, 0.15) is 40.5 Å². The normalized spacial score (nSPS) is 18.2. The number of rotatable bonds is 5. The molecule has 5 N–H and O–H groups in total. The Balaban J connectivity index is 1.63. The van der Waals surface area contributed by atoms with E-state index in [2.05, 4.69) is 15.5 Å². The fraction of sp³-hybridized carbons (Fsp3) is 0.238. The minimum Gasteiger partial charge on any atom is -0.377 e. The molecule has 1 atom stereocenters. The molecule has 29 heavy (non-hydrogen) atoms. The second-order valence-electron chi connectivity index (χ2n) is 7.19. The first kappa shape index (κ1) is 18.8. The summed E-state index contributed by atoms with van der Waals surface area (Å²) >= 11 is 0. The Labute approximate surface area is 167 Å². The molecule has 3 aromatic rings. The highest BCUT2D eigenvalue weighted by Crippen LogP contribution is 2.35. The van der Waals surface area contributed by atoms with Crippen molar-refractivity contribution in [3.8, 4) is 22.8 Å². The third-order valence-corrected chi connectivity index (χ3v) is 5.39. The van der Waals surface area contributed by atoms with Gasteiger partial charge in [-0.15, -0.1) is 0 Å². The summed E-state index contributed by atoms with van der Waals surface area (Å²) in [6.45, 7) is 2.40. The van der Waals surface area contributed by atoms with Gasteiger partial charge in [0.15, 0.2) is 5.78 Å². The molecule has 8 nitrogen and oxygen atoms in total. The van der Waals surface area contributed by atoms with Crippen LogP contribution in [-0.2, 0) is 0 Å². The number of benzene rings is 2. The molecule has 0 saturated carbocycles. The van der Waals surface area contributed by atoms with Crippen LogP contribution in [0.5, 0.6) is 0 Å². The van der Waals surface area contributed by atoms with Crippen molar-refractivity contribution in [3.63, 3.8) is 0 Å². The van der Waals surface area contributed by atoms with Gasteiger partial charge in [-0.05, 0) is 36.8 Å². The van der Waals surface area contributed by atoms with Crippen molar-refractivity contribution < 1.29 is 14.1 Å². The van der Waals surface area contributed by atoms with E-state index in [0.717, 1.165) is 12.1 Å². The molecule has 2 aromatic carbocycles. The molecule has 1 amide bonds. The largest absolute Gasteiger partial charge is 0.377 e. The number of aromatic nitrogens is 2. The van der Waals surface area contributed by atoms with Gasteiger partial charge >= 0.3 is 0 Å². The molecule has 1 aliphatic rings. The zero-order valence-corrected chi connectivity index (χ0v) is 15.9. The maximum atomic E-state index is 12.7. The summed E-state index contributed by atoms with van der Waals surface area (Å²) in [5.74, 6) is 0.223. The van der Waals surface area contributed by atoms with Gasteiger partial charge in [0.05, 0.1) is 5.54 Å². The van der Waals surface area contributed by atoms with Crippen LogP contribution in [0.4, 0.5) is 5.69 Å². The maximum absolute atomic E-state index is 12.7. The molecule has 1 unspecified atom stereocenters. The van der Waals surface area contributed by atoms with Crippen molar-refractivity contribution in [2.24, 2.45) is 11.5 Å². The molecule has 0 bridgehead atoms. The fourth-order valence-corrected chi connectivity index (χ4v) is 3.47. The van der Waals surface area contributed by atoms with Crippen LogP contribution in [0.25, 0.3) is 22.8 Å². The second kappa shape index (κ2) is 7.14. The summed E-state index contributed by atoms with van der Waals surface area (Å²) in [7, 11) is 0. The maximum Gasteiger partial charge on any atom is 0.258 e. The minimum absolute atomic E-state index is 0.0367. The number of carbonyl (C=O) groups excluding carboxylic acids is 2. The molecule has 0 saturated heterocycles. The minimum atomic E-state index is -0.501. The van der Waals surface area contributed by atoms with Crippen molar-refractivity contribution in [1.29, 1.82) is 0 Å². The summed E-state index contributed by atoms with van der Waals surface area (Å²) in [6.07, 6.45) is 1.11. The standard InChI is InChI=1S/C21H21N5O3/c1-2-21(11-22)10-17(27)15-9-14(7-8-16(15)25-21)20-24-19(26-29-20)13-5-3-12(4-6-13)18(23)28/h3-9,25H,2,10-11,22H2,1H3,(H2,23,28). The summed E-state index contributed by atoms with van der Waals surface area (Å²) in [4.78, 5) is 28.3. The lowest BCUT2D eigenvalue weighted by molar-refractivity contribution is 0.0948. The fourth-order valence-electron chi connectivity index (χ4n) is 3.47. The first-order chi connectivity index (χ1) is 13.9. The van der Waals surface area contributed by atoms with Crippen molar-refractivity contribution in [3.05, 3.63) is 53.6 Å². The molecular formula is C21H21N5O3. The van der Waals surface area contributed by atoms with E-state index in [1.54, 1.807) is 30.3 Å². The average molecular weight is 391 g/mol. The molecule has 0 fully saturated rings. The molecule has 0 aliphatic carbocycles. The first-order valence-corrected chi connectivity index (χ1v) is 9.34. The number of nitrogens with zero attached hydrogens (tertiary/aromatic N) is 2. The highest BCUT2D eigenvalue weighted by Gasteiger charge is 2.35. The zero-order chi connectivity index (χ0) is 20.6. The summed E-state index contributed by atoms with van der Waals surface area (Å²) in [5, 5.41) is 7.41. The second-order valence-corrected chi connectivity index (χ2v) is 7.19. The van der Waals surface area contributed by atoms with Gasteiger partial charge in [0.1, 0.15) is 0 Å². The molecule has 148 valence electrons. The third kappa shape index (κ3) is 3.38. The summed E-state index contributed by atoms with van der Waals surface area (Å²) in [6, 6.07) is 12.0. The van der Waals surface area contributed by atoms with E-state index >= 15 is 0 Å². The van der Waals surface area contributed by atoms with Crippen molar-refractivity contribution >= 4 is 17.4 Å². The highest BCUT2D eigenvalue weighted by molar-refractivity contribution is 6.05. The van der Waals surface area contributed by atoms with Crippen molar-refractivity contribution in [2.45, 2.75) is 25.3 Å². The number of Topliss-reactive ketones (excluding diaryl/α,β-unsaturated/α-hetero) is 1. The molecule has 1 aliphatic heterocycles. The number of carbonyl (C=O) groups is 2. The number of amides is 1. The Bertz CT molecular complexity index is 1080. The van der Waals surface area contributed by atoms with E-state index in [9.17, 15) is 9.59 Å². The van der Waals surface area contributed by atoms with Crippen LogP contribution < -0.4 is 16.8 Å². The van der Waals surface area contributed by atoms with Gasteiger partial charge in [0.25, 0.3) is 5.89 Å². The van der Waals surface area contributed by atoms with Crippen LogP contribution >= 0.6 is 0 Å². The molecule has 8 heteroatoms. The van der Waals surface area contributed by atoms with Crippen molar-refractivity contribution in [1.82, 2.24) is 10.1 Å². The number of nitrogens with two attached hydrogens (primary N) is 2. The van der Waals surface area contributed by atoms with Gasteiger partial charge in [-0.2, -0.15) is 4.98 Å². The van der Waals surface area contributed by atoms with Crippen molar-refractivity contribution in [2.75, 3.05) is 11.9 Å². The number of fused-ring (bicyclic) bond motifs is 1. The van der Waals surface area contributed by atoms with Gasteiger partial charge in [0.2, 0.25) is 11.7 Å². The molecule has 1 aromatic heterocycles. The number of hydrogen-bond acceptors (Lipinski definition) is 7. The predicted octanol–water partition coefficient (Wildman–Crippen LogP) is 2.61. The van der Waals surface area contributed by atoms with E-state index in [4.69, 9.17) is 16.0 Å². The predicted molar refractivity (Wildman–Crippen MR) is 108 cm³/mol. The summed E-state index contributed by atoms with van der Waals surface area (Å²) < 4.78 is 5.39. The molecular weight excluding hydrogens is 370 g/mol. The SMILES string of the molecule is CCC1(CN)CC(=O)c2cc(-c3nc(-c4ccc(C(N)=O)cc4)no3)ccc2N1. The lowest BCUT2D eigenvalue weighted by Crippen LogP contribution is -2.49. The number of primary amides is 1. The smallest absolute Gasteiger partial charge is 0.258 e. The van der Waals surface area contributed by atoms with Gasteiger partial charge in [0, 0.05) is 40.9 Å². The van der Waals surface area contributed by atoms with E-state index in [1.807, 2.05) is 19.1 Å². The summed E-state index contributed by atoms with van der Waals surface area (Å²) in [5.41, 5.74) is 13.9. The Morgan fingerprint density at radius 1 is 1.21 bits per heavy atom. The lowest BCUT2D eigenvalue weighted by atomic mass is 9.83. The number of anilines is 1. The van der Waals surface area contributed by atoms with Gasteiger partial charge in [-0.25, -0.2) is 0 Å². The van der Waals surface area contributed by atoms with Crippen LogP contribution in [0.15, 0.2) is 47.0 Å². The first-order valence-electron chi connectivity index (χ1n) is 9.34. The van der Waals surface area contributed by atoms with E-state index in [1.165, 1.54) is 0 Å². The zero-order valence-electron chi connectivity index (χ0n) is 15.9. The van der Waals surface area contributed by atoms with E-state index in [0.29, 0.717) is 46.9 Å². The quantitative estimate of drug-likeness (QED) is 0.608. The van der Waals surface area contributed by atoms with Gasteiger partial charge in [-0.1, -0.05) is 24.2 Å².